The fourth-order valence-electron chi connectivity index (χ4n) is 1.23. The van der Waals surface area contributed by atoms with Gasteiger partial charge in [-0.1, -0.05) is 48.6 Å². The summed E-state index contributed by atoms with van der Waals surface area (Å²) >= 11 is 0. The molecule has 1 aromatic carbocycles. The van der Waals surface area contributed by atoms with E-state index in [0.717, 1.165) is 0 Å². The van der Waals surface area contributed by atoms with Crippen LogP contribution in [-0.2, 0) is 0 Å². The van der Waals surface area contributed by atoms with Crippen LogP contribution in [0.2, 0.25) is 0 Å². The van der Waals surface area contributed by atoms with Gasteiger partial charge < -0.3 is 0 Å². The molecule has 0 aliphatic rings. The second-order valence-electron chi connectivity index (χ2n) is 2.96. The Hall–Kier alpha value is -1.74. The van der Waals surface area contributed by atoms with Gasteiger partial charge in [-0.15, -0.1) is 12.3 Å². The molecule has 0 saturated heterocycles. The van der Waals surface area contributed by atoms with Gasteiger partial charge in [0.15, 0.2) is 0 Å². The van der Waals surface area contributed by atoms with Crippen LogP contribution in [0, 0.1) is 12.3 Å². The quantitative estimate of drug-likeness (QED) is 0.494. The van der Waals surface area contributed by atoms with Crippen LogP contribution in [-0.4, -0.2) is 0 Å². The van der Waals surface area contributed by atoms with E-state index in [1.807, 2.05) is 37.3 Å². The molecule has 0 fully saturated rings. The van der Waals surface area contributed by atoms with Crippen LogP contribution in [0.25, 0.3) is 5.57 Å². The second kappa shape index (κ2) is 5.83. The van der Waals surface area contributed by atoms with Crippen molar-refractivity contribution in [3.05, 3.63) is 54.1 Å². The maximum absolute atomic E-state index is 5.32. The average Bonchev–Trinajstić information content (AvgIpc) is 2.25. The van der Waals surface area contributed by atoms with Gasteiger partial charge in [0.05, 0.1) is 0 Å². The summed E-state index contributed by atoms with van der Waals surface area (Å²) in [7, 11) is 0. The molecule has 0 spiro atoms. The lowest BCUT2D eigenvalue weighted by Crippen LogP contribution is -1.81. The van der Waals surface area contributed by atoms with Crippen LogP contribution in [0.3, 0.4) is 0 Å². The summed E-state index contributed by atoms with van der Waals surface area (Å²) in [6.45, 7) is 2.00. The maximum Gasteiger partial charge on any atom is 0.0343 e. The molecular weight excluding hydrogens is 168 g/mol. The Bertz CT molecular complexity index is 361. The minimum Gasteiger partial charge on any atom is -0.120 e. The summed E-state index contributed by atoms with van der Waals surface area (Å²) in [5, 5.41) is 0. The van der Waals surface area contributed by atoms with Crippen molar-refractivity contribution >= 4 is 5.57 Å². The zero-order chi connectivity index (χ0) is 10.2. The molecule has 0 N–H and O–H groups in total. The van der Waals surface area contributed by atoms with Crippen molar-refractivity contribution in [2.45, 2.75) is 13.3 Å². The zero-order valence-corrected chi connectivity index (χ0v) is 8.40. The number of rotatable bonds is 3. The first-order valence-electron chi connectivity index (χ1n) is 4.69. The van der Waals surface area contributed by atoms with Gasteiger partial charge >= 0.3 is 0 Å². The summed E-state index contributed by atoms with van der Waals surface area (Å²) < 4.78 is 0. The highest BCUT2D eigenvalue weighted by Crippen LogP contribution is 2.17. The Kier molecular flexibility index (Phi) is 4.31. The van der Waals surface area contributed by atoms with Crippen molar-refractivity contribution in [2.75, 3.05) is 0 Å². The fraction of sp³-hybridized carbons (Fsp3) is 0.143. The first-order chi connectivity index (χ1) is 6.88. The molecule has 0 radical (unpaired) electrons. The van der Waals surface area contributed by atoms with Crippen molar-refractivity contribution in [3.63, 3.8) is 0 Å². The molecule has 70 valence electrons. The smallest absolute Gasteiger partial charge is 0.0343 e. The number of terminal acetylenes is 1. The van der Waals surface area contributed by atoms with E-state index in [1.165, 1.54) is 11.1 Å². The first-order valence-corrected chi connectivity index (χ1v) is 4.69. The van der Waals surface area contributed by atoms with Crippen molar-refractivity contribution in [1.29, 1.82) is 0 Å². The molecule has 0 aliphatic heterocycles. The monoisotopic (exact) mass is 182 g/mol. The largest absolute Gasteiger partial charge is 0.120 e. The molecule has 0 heteroatoms. The van der Waals surface area contributed by atoms with Crippen LogP contribution in [0.15, 0.2) is 48.6 Å². The Morgan fingerprint density at radius 1 is 1.36 bits per heavy atom. The minimum atomic E-state index is 0.675. The number of hydrogen-bond acceptors (Lipinski definition) is 0. The summed E-state index contributed by atoms with van der Waals surface area (Å²) in [4.78, 5) is 0. The van der Waals surface area contributed by atoms with E-state index in [4.69, 9.17) is 6.42 Å². The Labute approximate surface area is 86.0 Å². The number of hydrogen-bond donors (Lipinski definition) is 0. The minimum absolute atomic E-state index is 0.675. The fourth-order valence-corrected chi connectivity index (χ4v) is 1.23. The van der Waals surface area contributed by atoms with Gasteiger partial charge in [0, 0.05) is 6.42 Å². The summed E-state index contributed by atoms with van der Waals surface area (Å²) in [5.74, 6) is 2.67. The molecule has 0 bridgehead atoms. The molecule has 0 aromatic heterocycles. The molecule has 0 nitrogen and oxygen atoms in total. The van der Waals surface area contributed by atoms with E-state index in [2.05, 4.69) is 24.1 Å². The van der Waals surface area contributed by atoms with Gasteiger partial charge in [0.25, 0.3) is 0 Å². The van der Waals surface area contributed by atoms with Gasteiger partial charge in [0.2, 0.25) is 0 Å². The standard InChI is InChI=1S/C14H14/c1-3-5-10-13(9-4-2)14-11-7-6-8-12-14/h2-3,5-8,10-12H,9H2,1H3. The summed E-state index contributed by atoms with van der Waals surface area (Å²) in [6, 6.07) is 10.2. The molecule has 1 rings (SSSR count). The zero-order valence-electron chi connectivity index (χ0n) is 8.40. The van der Waals surface area contributed by atoms with Gasteiger partial charge in [-0.25, -0.2) is 0 Å². The van der Waals surface area contributed by atoms with Gasteiger partial charge in [-0.05, 0) is 18.1 Å². The van der Waals surface area contributed by atoms with Crippen molar-refractivity contribution < 1.29 is 0 Å². The SMILES string of the molecule is C#CCC(=CC=CC)c1ccccc1. The van der Waals surface area contributed by atoms with E-state index < -0.39 is 0 Å². The molecule has 1 aromatic rings. The summed E-state index contributed by atoms with van der Waals surface area (Å²) in [6.07, 6.45) is 12.1. The lowest BCUT2D eigenvalue weighted by molar-refractivity contribution is 1.44. The van der Waals surface area contributed by atoms with Crippen molar-refractivity contribution in [2.24, 2.45) is 0 Å². The molecule has 0 aliphatic carbocycles. The van der Waals surface area contributed by atoms with E-state index in [0.29, 0.717) is 6.42 Å². The van der Waals surface area contributed by atoms with Crippen LogP contribution < -0.4 is 0 Å². The molecular formula is C14H14. The predicted octanol–water partition coefficient (Wildman–Crippen LogP) is 3.67. The third-order valence-electron chi connectivity index (χ3n) is 1.93. The first kappa shape index (κ1) is 10.3. The molecule has 0 amide bonds. The van der Waals surface area contributed by atoms with Gasteiger partial charge in [0.1, 0.15) is 0 Å². The third kappa shape index (κ3) is 2.95. The summed E-state index contributed by atoms with van der Waals surface area (Å²) in [5.41, 5.74) is 2.38. The Balaban J connectivity index is 2.96. The number of benzene rings is 1. The van der Waals surface area contributed by atoms with Crippen molar-refractivity contribution in [1.82, 2.24) is 0 Å². The molecule has 14 heavy (non-hydrogen) atoms. The highest BCUT2D eigenvalue weighted by molar-refractivity contribution is 5.68. The van der Waals surface area contributed by atoms with Crippen LogP contribution in [0.4, 0.5) is 0 Å². The highest BCUT2D eigenvalue weighted by atomic mass is 14.0. The van der Waals surface area contributed by atoms with Crippen molar-refractivity contribution in [3.8, 4) is 12.3 Å². The Morgan fingerprint density at radius 3 is 2.64 bits per heavy atom. The molecule has 0 atom stereocenters. The highest BCUT2D eigenvalue weighted by Gasteiger charge is 1.96. The lowest BCUT2D eigenvalue weighted by atomic mass is 10.0. The maximum atomic E-state index is 5.32. The second-order valence-corrected chi connectivity index (χ2v) is 2.96. The van der Waals surface area contributed by atoms with E-state index >= 15 is 0 Å². The molecule has 0 heterocycles. The van der Waals surface area contributed by atoms with Gasteiger partial charge in [-0.3, -0.25) is 0 Å². The normalized spacial score (nSPS) is 11.6. The predicted molar refractivity (Wildman–Crippen MR) is 62.7 cm³/mol. The van der Waals surface area contributed by atoms with E-state index in [9.17, 15) is 0 Å². The van der Waals surface area contributed by atoms with Crippen LogP contribution >= 0.6 is 0 Å². The average molecular weight is 182 g/mol. The van der Waals surface area contributed by atoms with E-state index in [-0.39, 0.29) is 0 Å². The molecule has 0 unspecified atom stereocenters. The van der Waals surface area contributed by atoms with E-state index in [1.54, 1.807) is 0 Å². The number of allylic oxidation sites excluding steroid dienone is 4. The topological polar surface area (TPSA) is 0 Å². The Morgan fingerprint density at radius 2 is 2.07 bits per heavy atom. The van der Waals surface area contributed by atoms with Gasteiger partial charge in [-0.2, -0.15) is 0 Å². The third-order valence-corrected chi connectivity index (χ3v) is 1.93. The molecule has 0 saturated carbocycles. The van der Waals surface area contributed by atoms with Crippen LogP contribution in [0.5, 0.6) is 0 Å². The lowest BCUT2D eigenvalue weighted by Gasteiger charge is -2.02. The van der Waals surface area contributed by atoms with Crippen LogP contribution in [0.1, 0.15) is 18.9 Å².